The summed E-state index contributed by atoms with van der Waals surface area (Å²) in [6, 6.07) is 1.59. The molecule has 1 rings (SSSR count). The Morgan fingerprint density at radius 1 is 1.44 bits per heavy atom. The maximum Gasteiger partial charge on any atom is 0.253 e. The molecule has 0 spiro atoms. The van der Waals surface area contributed by atoms with Gasteiger partial charge in [0.2, 0.25) is 0 Å². The lowest BCUT2D eigenvalue weighted by Gasteiger charge is -2.31. The SMILES string of the molecule is CC(C)(C)C(CCCl)NC(=O)c1cc(Cl)sc1Cl. The second-order valence-corrected chi connectivity index (χ2v) is 7.77. The number of hydrogen-bond acceptors (Lipinski definition) is 2. The van der Waals surface area contributed by atoms with Gasteiger partial charge in [-0.15, -0.1) is 22.9 Å². The molecular weight excluding hydrogens is 313 g/mol. The van der Waals surface area contributed by atoms with E-state index in [0.29, 0.717) is 26.5 Å². The number of rotatable bonds is 4. The highest BCUT2D eigenvalue weighted by Crippen LogP contribution is 2.31. The van der Waals surface area contributed by atoms with Crippen LogP contribution in [0.2, 0.25) is 8.67 Å². The summed E-state index contributed by atoms with van der Waals surface area (Å²) in [4.78, 5) is 12.1. The van der Waals surface area contributed by atoms with E-state index in [1.807, 2.05) is 0 Å². The van der Waals surface area contributed by atoms with Crippen molar-refractivity contribution in [2.45, 2.75) is 33.2 Å². The number of carbonyl (C=O) groups is 1. The van der Waals surface area contributed by atoms with Crippen LogP contribution in [-0.2, 0) is 0 Å². The Bertz CT molecular complexity index is 425. The van der Waals surface area contributed by atoms with E-state index in [9.17, 15) is 4.79 Å². The molecular formula is C12H16Cl3NOS. The van der Waals surface area contributed by atoms with Gasteiger partial charge in [-0.05, 0) is 17.9 Å². The predicted molar refractivity (Wildman–Crippen MR) is 80.4 cm³/mol. The van der Waals surface area contributed by atoms with Gasteiger partial charge in [0.05, 0.1) is 9.90 Å². The van der Waals surface area contributed by atoms with Crippen LogP contribution in [0.15, 0.2) is 6.07 Å². The Labute approximate surface area is 127 Å². The summed E-state index contributed by atoms with van der Waals surface area (Å²) in [5.41, 5.74) is 0.368. The summed E-state index contributed by atoms with van der Waals surface area (Å²) in [5, 5.41) is 2.97. The fraction of sp³-hybridized carbons (Fsp3) is 0.583. The molecule has 0 saturated heterocycles. The number of carbonyl (C=O) groups excluding carboxylic acids is 1. The van der Waals surface area contributed by atoms with Gasteiger partial charge in [-0.1, -0.05) is 44.0 Å². The second-order valence-electron chi connectivity index (χ2n) is 5.11. The molecule has 18 heavy (non-hydrogen) atoms. The molecule has 0 aliphatic heterocycles. The maximum atomic E-state index is 12.1. The molecule has 1 N–H and O–H groups in total. The smallest absolute Gasteiger partial charge is 0.253 e. The standard InChI is InChI=1S/C12H16Cl3NOS/c1-12(2,3)8(4-5-13)16-11(17)7-6-9(14)18-10(7)15/h6,8H,4-5H2,1-3H3,(H,16,17). The van der Waals surface area contributed by atoms with Crippen LogP contribution in [0.4, 0.5) is 0 Å². The fourth-order valence-corrected chi connectivity index (χ4v) is 3.24. The van der Waals surface area contributed by atoms with Gasteiger partial charge in [-0.2, -0.15) is 0 Å². The lowest BCUT2D eigenvalue weighted by molar-refractivity contribution is 0.0901. The van der Waals surface area contributed by atoms with Crippen molar-refractivity contribution < 1.29 is 4.79 Å². The minimum atomic E-state index is -0.201. The monoisotopic (exact) mass is 327 g/mol. The second kappa shape index (κ2) is 6.47. The first-order valence-electron chi connectivity index (χ1n) is 5.57. The Morgan fingerprint density at radius 3 is 2.44 bits per heavy atom. The minimum Gasteiger partial charge on any atom is -0.349 e. The van der Waals surface area contributed by atoms with E-state index in [0.717, 1.165) is 0 Å². The number of halogens is 3. The number of amides is 1. The van der Waals surface area contributed by atoms with Crippen LogP contribution in [0.5, 0.6) is 0 Å². The fourth-order valence-electron chi connectivity index (χ4n) is 1.56. The topological polar surface area (TPSA) is 29.1 Å². The number of nitrogens with one attached hydrogen (secondary N) is 1. The normalized spacial score (nSPS) is 13.4. The molecule has 0 fully saturated rings. The van der Waals surface area contributed by atoms with E-state index in [1.165, 1.54) is 11.3 Å². The highest BCUT2D eigenvalue weighted by molar-refractivity contribution is 7.20. The van der Waals surface area contributed by atoms with E-state index < -0.39 is 0 Å². The Hall–Kier alpha value is 0.0400. The molecule has 1 amide bonds. The lowest BCUT2D eigenvalue weighted by Crippen LogP contribution is -2.44. The molecule has 102 valence electrons. The molecule has 0 aliphatic rings. The zero-order valence-corrected chi connectivity index (χ0v) is 13.6. The van der Waals surface area contributed by atoms with Gasteiger partial charge < -0.3 is 5.32 Å². The highest BCUT2D eigenvalue weighted by Gasteiger charge is 2.27. The molecule has 1 aromatic rings. The van der Waals surface area contributed by atoms with Gasteiger partial charge >= 0.3 is 0 Å². The molecule has 0 saturated carbocycles. The largest absolute Gasteiger partial charge is 0.349 e. The zero-order valence-electron chi connectivity index (χ0n) is 10.5. The van der Waals surface area contributed by atoms with E-state index in [4.69, 9.17) is 34.8 Å². The summed E-state index contributed by atoms with van der Waals surface area (Å²) in [6.07, 6.45) is 0.715. The van der Waals surface area contributed by atoms with Gasteiger partial charge in [0.1, 0.15) is 4.34 Å². The maximum absolute atomic E-state index is 12.1. The van der Waals surface area contributed by atoms with Crippen LogP contribution < -0.4 is 5.32 Å². The molecule has 1 heterocycles. The molecule has 1 unspecified atom stereocenters. The number of alkyl halides is 1. The van der Waals surface area contributed by atoms with Gasteiger partial charge in [0.15, 0.2) is 0 Å². The molecule has 0 radical (unpaired) electrons. The molecule has 0 bridgehead atoms. The molecule has 2 nitrogen and oxygen atoms in total. The summed E-state index contributed by atoms with van der Waals surface area (Å²) >= 11 is 18.8. The van der Waals surface area contributed by atoms with Crippen molar-refractivity contribution in [2.75, 3.05) is 5.88 Å². The van der Waals surface area contributed by atoms with Gasteiger partial charge in [0, 0.05) is 11.9 Å². The van der Waals surface area contributed by atoms with E-state index in [2.05, 4.69) is 26.1 Å². The Morgan fingerprint density at radius 2 is 2.06 bits per heavy atom. The molecule has 1 atom stereocenters. The molecule has 0 aliphatic carbocycles. The van der Waals surface area contributed by atoms with Crippen molar-refractivity contribution in [3.8, 4) is 0 Å². The number of thiophene rings is 1. The van der Waals surface area contributed by atoms with Crippen molar-refractivity contribution in [3.63, 3.8) is 0 Å². The van der Waals surface area contributed by atoms with Gasteiger partial charge in [0.25, 0.3) is 5.91 Å². The third-order valence-electron chi connectivity index (χ3n) is 2.65. The Kier molecular flexibility index (Phi) is 5.78. The first-order chi connectivity index (χ1) is 8.25. The van der Waals surface area contributed by atoms with Gasteiger partial charge in [-0.25, -0.2) is 0 Å². The van der Waals surface area contributed by atoms with Crippen molar-refractivity contribution in [1.82, 2.24) is 5.32 Å². The van der Waals surface area contributed by atoms with E-state index in [1.54, 1.807) is 6.07 Å². The molecule has 1 aromatic heterocycles. The average molecular weight is 329 g/mol. The number of hydrogen-bond donors (Lipinski definition) is 1. The first-order valence-corrected chi connectivity index (χ1v) is 7.68. The van der Waals surface area contributed by atoms with Crippen LogP contribution in [0, 0.1) is 5.41 Å². The average Bonchev–Trinajstić information content (AvgIpc) is 2.55. The Balaban J connectivity index is 2.82. The third kappa shape index (κ3) is 4.30. The van der Waals surface area contributed by atoms with E-state index in [-0.39, 0.29) is 17.4 Å². The van der Waals surface area contributed by atoms with Gasteiger partial charge in [-0.3, -0.25) is 4.79 Å². The summed E-state index contributed by atoms with van der Waals surface area (Å²) in [5.74, 6) is 0.300. The van der Waals surface area contributed by atoms with Crippen molar-refractivity contribution in [1.29, 1.82) is 0 Å². The van der Waals surface area contributed by atoms with Crippen LogP contribution in [-0.4, -0.2) is 17.8 Å². The molecule has 0 aromatic carbocycles. The predicted octanol–water partition coefficient (Wildman–Crippen LogP) is 4.83. The minimum absolute atomic E-state index is 0.00255. The van der Waals surface area contributed by atoms with Crippen molar-refractivity contribution >= 4 is 52.0 Å². The zero-order chi connectivity index (χ0) is 13.9. The lowest BCUT2D eigenvalue weighted by atomic mass is 9.85. The van der Waals surface area contributed by atoms with Crippen molar-refractivity contribution in [2.24, 2.45) is 5.41 Å². The van der Waals surface area contributed by atoms with Crippen molar-refractivity contribution in [3.05, 3.63) is 20.3 Å². The summed E-state index contributed by atoms with van der Waals surface area (Å²) < 4.78 is 0.922. The third-order valence-corrected chi connectivity index (χ3v) is 4.36. The summed E-state index contributed by atoms with van der Waals surface area (Å²) in [7, 11) is 0. The quantitative estimate of drug-likeness (QED) is 0.788. The molecule has 6 heteroatoms. The highest BCUT2D eigenvalue weighted by atomic mass is 35.5. The van der Waals surface area contributed by atoms with Crippen LogP contribution >= 0.6 is 46.1 Å². The van der Waals surface area contributed by atoms with E-state index >= 15 is 0 Å². The van der Waals surface area contributed by atoms with Crippen LogP contribution in [0.1, 0.15) is 37.6 Å². The first kappa shape index (κ1) is 16.1. The van der Waals surface area contributed by atoms with Crippen LogP contribution in [0.3, 0.4) is 0 Å². The van der Waals surface area contributed by atoms with Crippen LogP contribution in [0.25, 0.3) is 0 Å². The summed E-state index contributed by atoms with van der Waals surface area (Å²) in [6.45, 7) is 6.19.